The maximum atomic E-state index is 8.83. The second-order valence-electron chi connectivity index (χ2n) is 6.10. The van der Waals surface area contributed by atoms with Gasteiger partial charge in [0.1, 0.15) is 24.2 Å². The largest absolute Gasteiger partial charge is 0.464 e. The lowest BCUT2D eigenvalue weighted by Gasteiger charge is -2.33. The van der Waals surface area contributed by atoms with Crippen molar-refractivity contribution in [2.75, 3.05) is 13.2 Å². The minimum atomic E-state index is -0.112. The molecule has 0 saturated heterocycles. The molecule has 2 N–H and O–H groups in total. The number of aromatic amines is 1. The number of fused-ring (bicyclic) bond motifs is 1. The van der Waals surface area contributed by atoms with Crippen LogP contribution < -0.4 is 0 Å². The van der Waals surface area contributed by atoms with E-state index in [0.29, 0.717) is 0 Å². The van der Waals surface area contributed by atoms with Gasteiger partial charge in [-0.15, -0.1) is 11.3 Å². The molecule has 0 saturated carbocycles. The number of nitrogens with zero attached hydrogens (tertiary/aromatic N) is 2. The van der Waals surface area contributed by atoms with Crippen LogP contribution in [0.2, 0.25) is 0 Å². The van der Waals surface area contributed by atoms with Crippen LogP contribution in [0, 0.1) is 18.8 Å². The predicted molar refractivity (Wildman–Crippen MR) is 96.3 cm³/mol. The number of hydrogen-bond acceptors (Lipinski definition) is 5. The van der Waals surface area contributed by atoms with Crippen LogP contribution in [0.5, 0.6) is 0 Å². The molecular weight excluding hydrogens is 334 g/mol. The lowest BCUT2D eigenvalue weighted by Crippen LogP contribution is -2.35. The molecule has 3 aromatic rings. The van der Waals surface area contributed by atoms with Crippen molar-refractivity contribution in [3.8, 4) is 11.8 Å². The van der Waals surface area contributed by atoms with Gasteiger partial charge in [0, 0.05) is 41.0 Å². The van der Waals surface area contributed by atoms with Crippen LogP contribution >= 0.6 is 11.3 Å². The molecule has 0 amide bonds. The molecule has 0 aromatic carbocycles. The van der Waals surface area contributed by atoms with Gasteiger partial charge in [0.2, 0.25) is 0 Å². The number of aliphatic hydroxyl groups excluding tert-OH is 1. The van der Waals surface area contributed by atoms with E-state index in [1.165, 1.54) is 10.6 Å². The zero-order valence-corrected chi connectivity index (χ0v) is 14.8. The van der Waals surface area contributed by atoms with Gasteiger partial charge >= 0.3 is 0 Å². The van der Waals surface area contributed by atoms with E-state index in [2.05, 4.69) is 32.8 Å². The van der Waals surface area contributed by atoms with Crippen molar-refractivity contribution < 1.29 is 9.52 Å². The van der Waals surface area contributed by atoms with Gasteiger partial charge in [0.05, 0.1) is 12.0 Å². The molecule has 4 heterocycles. The standard InChI is InChI=1S/C19H19N3O2S/c1-13-4-5-17(24-13)19-18-16(20-12-21-18)6-7-22(19)10-15-9-14(11-25-15)3-2-8-23/h4-5,9,11-12,19,23H,6-8,10H2,1H3,(H,20,21)/t19-/m0/s1. The first-order valence-corrected chi connectivity index (χ1v) is 9.12. The van der Waals surface area contributed by atoms with E-state index in [9.17, 15) is 0 Å². The average Bonchev–Trinajstić information content (AvgIpc) is 3.34. The van der Waals surface area contributed by atoms with Gasteiger partial charge in [0.15, 0.2) is 0 Å². The van der Waals surface area contributed by atoms with Gasteiger partial charge in [-0.3, -0.25) is 4.90 Å². The molecule has 0 spiro atoms. The van der Waals surface area contributed by atoms with Gasteiger partial charge in [-0.1, -0.05) is 11.8 Å². The third-order valence-electron chi connectivity index (χ3n) is 4.38. The fourth-order valence-electron chi connectivity index (χ4n) is 3.28. The number of aryl methyl sites for hydroxylation is 1. The highest BCUT2D eigenvalue weighted by Crippen LogP contribution is 2.35. The highest BCUT2D eigenvalue weighted by Gasteiger charge is 2.33. The van der Waals surface area contributed by atoms with E-state index in [1.807, 2.05) is 24.4 Å². The first-order valence-electron chi connectivity index (χ1n) is 8.24. The Kier molecular flexibility index (Phi) is 4.45. The highest BCUT2D eigenvalue weighted by atomic mass is 32.1. The summed E-state index contributed by atoms with van der Waals surface area (Å²) in [4.78, 5) is 11.5. The number of nitrogens with one attached hydrogen (secondary N) is 1. The summed E-state index contributed by atoms with van der Waals surface area (Å²) in [5, 5.41) is 10.9. The second-order valence-corrected chi connectivity index (χ2v) is 7.10. The maximum Gasteiger partial charge on any atom is 0.127 e. The molecule has 0 bridgehead atoms. The Morgan fingerprint density at radius 2 is 2.40 bits per heavy atom. The fourth-order valence-corrected chi connectivity index (χ4v) is 4.12. The van der Waals surface area contributed by atoms with Crippen molar-refractivity contribution in [1.29, 1.82) is 0 Å². The summed E-state index contributed by atoms with van der Waals surface area (Å²) < 4.78 is 5.93. The smallest absolute Gasteiger partial charge is 0.127 e. The van der Waals surface area contributed by atoms with Crippen LogP contribution in [-0.2, 0) is 13.0 Å². The van der Waals surface area contributed by atoms with E-state index < -0.39 is 0 Å². The number of thiophene rings is 1. The predicted octanol–water partition coefficient (Wildman–Crippen LogP) is 2.86. The topological polar surface area (TPSA) is 65.3 Å². The molecular formula is C19H19N3O2S. The van der Waals surface area contributed by atoms with E-state index >= 15 is 0 Å². The average molecular weight is 353 g/mol. The van der Waals surface area contributed by atoms with Crippen molar-refractivity contribution in [2.45, 2.75) is 25.9 Å². The molecule has 1 aliphatic heterocycles. The van der Waals surface area contributed by atoms with Gasteiger partial charge in [-0.2, -0.15) is 0 Å². The Labute approximate surface area is 150 Å². The summed E-state index contributed by atoms with van der Waals surface area (Å²) in [7, 11) is 0. The molecule has 5 nitrogen and oxygen atoms in total. The van der Waals surface area contributed by atoms with Gasteiger partial charge in [-0.25, -0.2) is 4.98 Å². The van der Waals surface area contributed by atoms with Gasteiger partial charge < -0.3 is 14.5 Å². The number of rotatable bonds is 3. The first-order chi connectivity index (χ1) is 12.2. The van der Waals surface area contributed by atoms with Crippen LogP contribution in [0.3, 0.4) is 0 Å². The van der Waals surface area contributed by atoms with E-state index in [4.69, 9.17) is 9.52 Å². The Bertz CT molecular complexity index is 928. The molecule has 128 valence electrons. The lowest BCUT2D eigenvalue weighted by atomic mass is 10.0. The number of aromatic nitrogens is 2. The van der Waals surface area contributed by atoms with Crippen LogP contribution in [0.15, 0.2) is 34.3 Å². The summed E-state index contributed by atoms with van der Waals surface area (Å²) >= 11 is 1.69. The highest BCUT2D eigenvalue weighted by molar-refractivity contribution is 7.10. The van der Waals surface area contributed by atoms with Crippen LogP contribution in [0.4, 0.5) is 0 Å². The quantitative estimate of drug-likeness (QED) is 0.711. The van der Waals surface area contributed by atoms with Crippen molar-refractivity contribution in [3.05, 3.63) is 63.3 Å². The van der Waals surface area contributed by atoms with E-state index in [-0.39, 0.29) is 12.6 Å². The van der Waals surface area contributed by atoms with E-state index in [0.717, 1.165) is 42.3 Å². The third-order valence-corrected chi connectivity index (χ3v) is 5.30. The Hall–Kier alpha value is -2.33. The monoisotopic (exact) mass is 353 g/mol. The molecule has 0 unspecified atom stereocenters. The Morgan fingerprint density at radius 3 is 3.20 bits per heavy atom. The van der Waals surface area contributed by atoms with Crippen LogP contribution in [-0.4, -0.2) is 33.1 Å². The summed E-state index contributed by atoms with van der Waals surface area (Å²) in [5.74, 6) is 7.51. The molecule has 0 radical (unpaired) electrons. The van der Waals surface area contributed by atoms with Crippen molar-refractivity contribution in [1.82, 2.24) is 14.9 Å². The second kappa shape index (κ2) is 6.89. The normalized spacial score (nSPS) is 17.1. The molecule has 4 rings (SSSR count). The molecule has 6 heteroatoms. The third kappa shape index (κ3) is 3.27. The lowest BCUT2D eigenvalue weighted by molar-refractivity contribution is 0.179. The minimum absolute atomic E-state index is 0.0257. The zero-order valence-electron chi connectivity index (χ0n) is 14.0. The van der Waals surface area contributed by atoms with Crippen molar-refractivity contribution in [3.63, 3.8) is 0 Å². The summed E-state index contributed by atoms with van der Waals surface area (Å²) in [6, 6.07) is 6.17. The summed E-state index contributed by atoms with van der Waals surface area (Å²) in [6.45, 7) is 3.62. The number of furan rings is 1. The maximum absolute atomic E-state index is 8.83. The van der Waals surface area contributed by atoms with Gasteiger partial charge in [-0.05, 0) is 25.1 Å². The summed E-state index contributed by atoms with van der Waals surface area (Å²) in [5.41, 5.74) is 3.20. The minimum Gasteiger partial charge on any atom is -0.464 e. The number of aliphatic hydroxyl groups is 1. The van der Waals surface area contributed by atoms with Gasteiger partial charge in [0.25, 0.3) is 0 Å². The molecule has 3 aromatic heterocycles. The molecule has 1 atom stereocenters. The molecule has 0 aliphatic carbocycles. The molecule has 1 aliphatic rings. The molecule has 0 fully saturated rings. The van der Waals surface area contributed by atoms with Crippen molar-refractivity contribution >= 4 is 11.3 Å². The Balaban J connectivity index is 1.62. The zero-order chi connectivity index (χ0) is 17.2. The number of H-pyrrole nitrogens is 1. The van der Waals surface area contributed by atoms with E-state index in [1.54, 1.807) is 17.7 Å². The SMILES string of the molecule is Cc1ccc([C@H]2c3nc[nH]c3CCN2Cc2cc(C#CCO)cs2)o1. The molecule has 25 heavy (non-hydrogen) atoms. The van der Waals surface area contributed by atoms with Crippen LogP contribution in [0.1, 0.15) is 39.4 Å². The number of imidazole rings is 1. The Morgan fingerprint density at radius 1 is 1.48 bits per heavy atom. The first kappa shape index (κ1) is 16.2. The summed E-state index contributed by atoms with van der Waals surface area (Å²) in [6.07, 6.45) is 2.72. The van der Waals surface area contributed by atoms with Crippen LogP contribution in [0.25, 0.3) is 0 Å². The van der Waals surface area contributed by atoms with Crippen molar-refractivity contribution in [2.24, 2.45) is 0 Å². The fraction of sp³-hybridized carbons (Fsp3) is 0.316. The number of hydrogen-bond donors (Lipinski definition) is 2.